The van der Waals surface area contributed by atoms with Gasteiger partial charge in [-0.15, -0.1) is 11.8 Å². The van der Waals surface area contributed by atoms with Crippen LogP contribution in [0.25, 0.3) is 0 Å². The van der Waals surface area contributed by atoms with Crippen molar-refractivity contribution in [2.24, 2.45) is 0 Å². The largest absolute Gasteiger partial charge is 0.352 e. The minimum atomic E-state index is -0.531. The molecule has 0 saturated carbocycles. The van der Waals surface area contributed by atoms with Crippen LogP contribution in [0, 0.1) is 6.92 Å². The number of carbonyl (C=O) groups excluding carboxylic acids is 2. The van der Waals surface area contributed by atoms with Gasteiger partial charge in [0, 0.05) is 23.4 Å². The van der Waals surface area contributed by atoms with E-state index in [2.05, 4.69) is 24.4 Å². The molecule has 2 amide bonds. The van der Waals surface area contributed by atoms with Crippen molar-refractivity contribution in [3.8, 4) is 0 Å². The number of hydrogen-bond acceptors (Lipinski definition) is 3. The molecule has 168 valence electrons. The predicted molar refractivity (Wildman–Crippen MR) is 131 cm³/mol. The molecule has 31 heavy (non-hydrogen) atoms. The zero-order chi connectivity index (χ0) is 22.8. The fourth-order valence-corrected chi connectivity index (χ4v) is 4.46. The molecular weight excluding hydrogens is 428 g/mol. The first-order chi connectivity index (χ1) is 14.9. The monoisotopic (exact) mass is 460 g/mol. The van der Waals surface area contributed by atoms with Crippen molar-refractivity contribution in [2.45, 2.75) is 64.9 Å². The van der Waals surface area contributed by atoms with E-state index in [0.29, 0.717) is 23.7 Å². The molecular formula is C25H33ClN2O2S. The highest BCUT2D eigenvalue weighted by Gasteiger charge is 2.29. The molecule has 2 aromatic rings. The molecule has 0 saturated heterocycles. The van der Waals surface area contributed by atoms with E-state index in [1.54, 1.807) is 16.7 Å². The van der Waals surface area contributed by atoms with Gasteiger partial charge >= 0.3 is 0 Å². The lowest BCUT2D eigenvalue weighted by atomic mass is 10.1. The molecule has 0 heterocycles. The fourth-order valence-electron chi connectivity index (χ4n) is 3.27. The average molecular weight is 461 g/mol. The quantitative estimate of drug-likeness (QED) is 0.474. The highest BCUT2D eigenvalue weighted by atomic mass is 35.5. The first kappa shape index (κ1) is 25.3. The molecule has 1 N–H and O–H groups in total. The van der Waals surface area contributed by atoms with E-state index in [4.69, 9.17) is 11.6 Å². The van der Waals surface area contributed by atoms with Crippen molar-refractivity contribution in [2.75, 3.05) is 5.75 Å². The first-order valence-electron chi connectivity index (χ1n) is 10.8. The van der Waals surface area contributed by atoms with Gasteiger partial charge in [-0.3, -0.25) is 9.59 Å². The second-order valence-electron chi connectivity index (χ2n) is 7.77. The Labute approximate surface area is 195 Å². The van der Waals surface area contributed by atoms with Gasteiger partial charge in [0.1, 0.15) is 6.04 Å². The third-order valence-electron chi connectivity index (χ3n) is 5.43. The van der Waals surface area contributed by atoms with Crippen molar-refractivity contribution in [3.63, 3.8) is 0 Å². The van der Waals surface area contributed by atoms with Gasteiger partial charge in [0.15, 0.2) is 0 Å². The second kappa shape index (κ2) is 12.8. The molecule has 0 aliphatic heterocycles. The second-order valence-corrected chi connectivity index (χ2v) is 9.17. The maximum Gasteiger partial charge on any atom is 0.243 e. The van der Waals surface area contributed by atoms with Gasteiger partial charge in [0.25, 0.3) is 0 Å². The summed E-state index contributed by atoms with van der Waals surface area (Å²) in [5, 5.41) is 3.64. The van der Waals surface area contributed by atoms with Crippen LogP contribution in [-0.4, -0.2) is 34.6 Å². The van der Waals surface area contributed by atoms with Gasteiger partial charge in [-0.2, -0.15) is 0 Å². The minimum absolute atomic E-state index is 0.0512. The van der Waals surface area contributed by atoms with Crippen LogP contribution in [0.3, 0.4) is 0 Å². The first-order valence-corrected chi connectivity index (χ1v) is 12.4. The van der Waals surface area contributed by atoms with Crippen LogP contribution in [0.5, 0.6) is 0 Å². The van der Waals surface area contributed by atoms with E-state index in [1.165, 1.54) is 11.1 Å². The number of nitrogens with zero attached hydrogens (tertiary/aromatic N) is 1. The molecule has 6 heteroatoms. The lowest BCUT2D eigenvalue weighted by molar-refractivity contribution is -0.139. The van der Waals surface area contributed by atoms with E-state index in [-0.39, 0.29) is 17.9 Å². The Bertz CT molecular complexity index is 874. The topological polar surface area (TPSA) is 49.4 Å². The van der Waals surface area contributed by atoms with Crippen molar-refractivity contribution in [1.82, 2.24) is 10.2 Å². The molecule has 0 radical (unpaired) electrons. The van der Waals surface area contributed by atoms with Crippen LogP contribution in [0.2, 0.25) is 5.02 Å². The normalized spacial score (nSPS) is 12.8. The average Bonchev–Trinajstić information content (AvgIpc) is 2.76. The lowest BCUT2D eigenvalue weighted by Crippen LogP contribution is -2.51. The van der Waals surface area contributed by atoms with Crippen molar-refractivity contribution < 1.29 is 9.59 Å². The summed E-state index contributed by atoms with van der Waals surface area (Å²) in [5.74, 6) is 0.908. The number of carbonyl (C=O) groups is 2. The Morgan fingerprint density at radius 1 is 1.03 bits per heavy atom. The summed E-state index contributed by atoms with van der Waals surface area (Å²) in [6.07, 6.45) is 1.38. The molecule has 0 aromatic heterocycles. The molecule has 2 aromatic carbocycles. The van der Waals surface area contributed by atoms with E-state index in [0.717, 1.165) is 17.7 Å². The maximum absolute atomic E-state index is 13.3. The molecule has 0 spiro atoms. The van der Waals surface area contributed by atoms with Crippen LogP contribution in [0.1, 0.15) is 50.3 Å². The Morgan fingerprint density at radius 2 is 1.68 bits per heavy atom. The number of thioether (sulfide) groups is 1. The number of amides is 2. The van der Waals surface area contributed by atoms with E-state index in [1.807, 2.05) is 57.2 Å². The molecule has 0 bridgehead atoms. The predicted octanol–water partition coefficient (Wildman–Crippen LogP) is 5.60. The number of halogens is 1. The Balaban J connectivity index is 2.16. The standard InChI is InChI=1S/C25H33ClN2O2S/c1-5-19(4)27-25(30)23(6-2)28(15-20-12-9-10-14-22(20)26)24(29)17-31-16-21-13-8-7-11-18(21)3/h7-14,19,23H,5-6,15-17H2,1-4H3,(H,27,30)/t19-,23+/m0/s1. The molecule has 4 nitrogen and oxygen atoms in total. The molecule has 0 aliphatic carbocycles. The van der Waals surface area contributed by atoms with Crippen LogP contribution in [0.4, 0.5) is 0 Å². The number of rotatable bonds is 11. The van der Waals surface area contributed by atoms with Crippen molar-refractivity contribution in [3.05, 3.63) is 70.2 Å². The number of hydrogen-bond donors (Lipinski definition) is 1. The van der Waals surface area contributed by atoms with Crippen LogP contribution >= 0.6 is 23.4 Å². The molecule has 0 fully saturated rings. The van der Waals surface area contributed by atoms with Gasteiger partial charge in [0.05, 0.1) is 5.75 Å². The smallest absolute Gasteiger partial charge is 0.243 e. The summed E-state index contributed by atoms with van der Waals surface area (Å²) in [6, 6.07) is 15.2. The minimum Gasteiger partial charge on any atom is -0.352 e. The van der Waals surface area contributed by atoms with Crippen LogP contribution in [0.15, 0.2) is 48.5 Å². The van der Waals surface area contributed by atoms with Gasteiger partial charge in [-0.25, -0.2) is 0 Å². The highest BCUT2D eigenvalue weighted by Crippen LogP contribution is 2.22. The van der Waals surface area contributed by atoms with Gasteiger partial charge in [-0.1, -0.05) is 67.9 Å². The Morgan fingerprint density at radius 3 is 2.29 bits per heavy atom. The van der Waals surface area contributed by atoms with Gasteiger partial charge < -0.3 is 10.2 Å². The van der Waals surface area contributed by atoms with Crippen LogP contribution < -0.4 is 5.32 Å². The molecule has 0 aliphatic rings. The van der Waals surface area contributed by atoms with Crippen LogP contribution in [-0.2, 0) is 21.9 Å². The summed E-state index contributed by atoms with van der Waals surface area (Å²) < 4.78 is 0. The summed E-state index contributed by atoms with van der Waals surface area (Å²) in [4.78, 5) is 27.9. The summed E-state index contributed by atoms with van der Waals surface area (Å²) >= 11 is 7.94. The number of nitrogens with one attached hydrogen (secondary N) is 1. The zero-order valence-electron chi connectivity index (χ0n) is 18.9. The lowest BCUT2D eigenvalue weighted by Gasteiger charge is -2.31. The van der Waals surface area contributed by atoms with E-state index in [9.17, 15) is 9.59 Å². The molecule has 0 unspecified atom stereocenters. The number of benzene rings is 2. The Kier molecular flexibility index (Phi) is 10.4. The van der Waals surface area contributed by atoms with E-state index < -0.39 is 6.04 Å². The van der Waals surface area contributed by atoms with Gasteiger partial charge in [0.2, 0.25) is 11.8 Å². The van der Waals surface area contributed by atoms with Crippen molar-refractivity contribution >= 4 is 35.2 Å². The van der Waals surface area contributed by atoms with Gasteiger partial charge in [-0.05, 0) is 49.4 Å². The number of aryl methyl sites for hydroxylation is 1. The fraction of sp³-hybridized carbons (Fsp3) is 0.440. The Hall–Kier alpha value is -1.98. The summed E-state index contributed by atoms with van der Waals surface area (Å²) in [5.41, 5.74) is 3.28. The zero-order valence-corrected chi connectivity index (χ0v) is 20.4. The molecule has 2 rings (SSSR count). The highest BCUT2D eigenvalue weighted by molar-refractivity contribution is 7.99. The molecule has 2 atom stereocenters. The van der Waals surface area contributed by atoms with E-state index >= 15 is 0 Å². The summed E-state index contributed by atoms with van der Waals surface area (Å²) in [6.45, 7) is 8.33. The third-order valence-corrected chi connectivity index (χ3v) is 6.76. The third kappa shape index (κ3) is 7.58. The maximum atomic E-state index is 13.3. The summed E-state index contributed by atoms with van der Waals surface area (Å²) in [7, 11) is 0. The SMILES string of the molecule is CC[C@H](C(=O)N[C@@H](C)CC)N(Cc1ccccc1Cl)C(=O)CSCc1ccccc1C. The van der Waals surface area contributed by atoms with Crippen molar-refractivity contribution in [1.29, 1.82) is 0 Å².